The van der Waals surface area contributed by atoms with E-state index in [0.717, 1.165) is 12.5 Å². The molecule has 0 amide bonds. The molecule has 1 saturated heterocycles. The highest BCUT2D eigenvalue weighted by Crippen LogP contribution is 2.19. The summed E-state index contributed by atoms with van der Waals surface area (Å²) in [5.74, 6) is 1.41. The molecule has 1 rings (SSSR count). The van der Waals surface area contributed by atoms with E-state index < -0.39 is 0 Å². The largest absolute Gasteiger partial charge is 0.383 e. The number of nitrogens with one attached hydrogen (secondary N) is 1. The maximum absolute atomic E-state index is 5.30. The minimum atomic E-state index is 0.474. The average Bonchev–Trinajstić information content (AvgIpc) is 2.28. The number of hydrogen-bond acceptors (Lipinski definition) is 3. The van der Waals surface area contributed by atoms with Gasteiger partial charge in [-0.15, -0.1) is 0 Å². The zero-order valence-corrected chi connectivity index (χ0v) is 12.2. The van der Waals surface area contributed by atoms with Crippen molar-refractivity contribution >= 4 is 0 Å². The Hall–Kier alpha value is -0.120. The van der Waals surface area contributed by atoms with E-state index in [9.17, 15) is 0 Å². The zero-order chi connectivity index (χ0) is 12.8. The molecule has 1 aliphatic heterocycles. The van der Waals surface area contributed by atoms with Crippen LogP contribution in [0.5, 0.6) is 0 Å². The van der Waals surface area contributed by atoms with Crippen LogP contribution in [-0.4, -0.2) is 50.8 Å². The molecule has 0 aromatic rings. The summed E-state index contributed by atoms with van der Waals surface area (Å²) in [7, 11) is 4.02. The van der Waals surface area contributed by atoms with Crippen molar-refractivity contribution in [2.45, 2.75) is 45.7 Å². The van der Waals surface area contributed by atoms with Crippen molar-refractivity contribution in [1.82, 2.24) is 10.2 Å². The monoisotopic (exact) mass is 242 g/mol. The molecule has 0 aromatic carbocycles. The summed E-state index contributed by atoms with van der Waals surface area (Å²) in [5.41, 5.74) is 0. The average molecular weight is 242 g/mol. The van der Waals surface area contributed by atoms with Gasteiger partial charge in [-0.05, 0) is 45.2 Å². The van der Waals surface area contributed by atoms with E-state index in [2.05, 4.69) is 38.0 Å². The quantitative estimate of drug-likeness (QED) is 0.771. The highest BCUT2D eigenvalue weighted by molar-refractivity contribution is 4.82. The van der Waals surface area contributed by atoms with Crippen LogP contribution < -0.4 is 5.32 Å². The van der Waals surface area contributed by atoms with E-state index >= 15 is 0 Å². The minimum Gasteiger partial charge on any atom is -0.383 e. The van der Waals surface area contributed by atoms with E-state index in [0.29, 0.717) is 18.0 Å². The SMILES string of the molecule is COCC(NC(C)C1CCCN(C)C1)C(C)C. The Kier molecular flexibility index (Phi) is 6.45. The molecule has 3 heteroatoms. The zero-order valence-electron chi connectivity index (χ0n) is 12.2. The van der Waals surface area contributed by atoms with Crippen molar-refractivity contribution in [2.24, 2.45) is 11.8 Å². The van der Waals surface area contributed by atoms with Gasteiger partial charge in [0, 0.05) is 25.7 Å². The van der Waals surface area contributed by atoms with Crippen LogP contribution in [0.15, 0.2) is 0 Å². The fourth-order valence-electron chi connectivity index (χ4n) is 2.70. The van der Waals surface area contributed by atoms with Crippen molar-refractivity contribution < 1.29 is 4.74 Å². The molecular formula is C14H30N2O. The van der Waals surface area contributed by atoms with Crippen molar-refractivity contribution in [3.8, 4) is 0 Å². The van der Waals surface area contributed by atoms with Crippen molar-refractivity contribution in [2.75, 3.05) is 33.9 Å². The third-order valence-corrected chi connectivity index (χ3v) is 4.00. The molecule has 0 saturated carbocycles. The molecule has 3 atom stereocenters. The lowest BCUT2D eigenvalue weighted by Gasteiger charge is -2.36. The second kappa shape index (κ2) is 7.34. The van der Waals surface area contributed by atoms with E-state index in [4.69, 9.17) is 4.74 Å². The summed E-state index contributed by atoms with van der Waals surface area (Å²) < 4.78 is 5.30. The normalized spacial score (nSPS) is 26.1. The molecule has 0 aromatic heterocycles. The first-order valence-electron chi connectivity index (χ1n) is 6.98. The van der Waals surface area contributed by atoms with Gasteiger partial charge in [-0.3, -0.25) is 0 Å². The second-order valence-corrected chi connectivity index (χ2v) is 5.93. The predicted octanol–water partition coefficient (Wildman–Crippen LogP) is 1.98. The van der Waals surface area contributed by atoms with E-state index in [1.54, 1.807) is 7.11 Å². The van der Waals surface area contributed by atoms with Crippen molar-refractivity contribution in [3.05, 3.63) is 0 Å². The fourth-order valence-corrected chi connectivity index (χ4v) is 2.70. The highest BCUT2D eigenvalue weighted by atomic mass is 16.5. The standard InChI is InChI=1S/C14H30N2O/c1-11(2)14(10-17-5)15-12(3)13-7-6-8-16(4)9-13/h11-15H,6-10H2,1-5H3. The van der Waals surface area contributed by atoms with Crippen LogP contribution in [0.25, 0.3) is 0 Å². The summed E-state index contributed by atoms with van der Waals surface area (Å²) in [6, 6.07) is 1.06. The lowest BCUT2D eigenvalue weighted by Crippen LogP contribution is -2.49. The second-order valence-electron chi connectivity index (χ2n) is 5.93. The van der Waals surface area contributed by atoms with Gasteiger partial charge in [-0.25, -0.2) is 0 Å². The Morgan fingerprint density at radius 2 is 2.06 bits per heavy atom. The summed E-state index contributed by atoms with van der Waals surface area (Å²) >= 11 is 0. The number of ether oxygens (including phenoxy) is 1. The summed E-state index contributed by atoms with van der Waals surface area (Å²) in [6.45, 7) is 10.1. The third kappa shape index (κ3) is 4.94. The van der Waals surface area contributed by atoms with Crippen LogP contribution >= 0.6 is 0 Å². The molecule has 0 radical (unpaired) electrons. The summed E-state index contributed by atoms with van der Waals surface area (Å²) in [6.07, 6.45) is 2.69. The number of hydrogen-bond donors (Lipinski definition) is 1. The Morgan fingerprint density at radius 1 is 1.35 bits per heavy atom. The van der Waals surface area contributed by atoms with Crippen molar-refractivity contribution in [3.63, 3.8) is 0 Å². The number of piperidine rings is 1. The molecule has 17 heavy (non-hydrogen) atoms. The molecule has 1 fully saturated rings. The summed E-state index contributed by atoms with van der Waals surface area (Å²) in [4.78, 5) is 2.45. The van der Waals surface area contributed by atoms with Gasteiger partial charge in [-0.1, -0.05) is 13.8 Å². The highest BCUT2D eigenvalue weighted by Gasteiger charge is 2.25. The lowest BCUT2D eigenvalue weighted by molar-refractivity contribution is 0.120. The van der Waals surface area contributed by atoms with Gasteiger partial charge < -0.3 is 15.0 Å². The molecule has 0 aliphatic carbocycles. The van der Waals surface area contributed by atoms with Crippen LogP contribution in [0.4, 0.5) is 0 Å². The Morgan fingerprint density at radius 3 is 2.59 bits per heavy atom. The third-order valence-electron chi connectivity index (χ3n) is 4.00. The molecular weight excluding hydrogens is 212 g/mol. The van der Waals surface area contributed by atoms with Crippen LogP contribution in [0.2, 0.25) is 0 Å². The van der Waals surface area contributed by atoms with Gasteiger partial charge in [0.2, 0.25) is 0 Å². The molecule has 1 heterocycles. The Balaban J connectivity index is 2.42. The first-order chi connectivity index (χ1) is 8.04. The molecule has 0 spiro atoms. The van der Waals surface area contributed by atoms with Gasteiger partial charge >= 0.3 is 0 Å². The number of nitrogens with zero attached hydrogens (tertiary/aromatic N) is 1. The lowest BCUT2D eigenvalue weighted by atomic mass is 9.90. The first kappa shape index (κ1) is 14.9. The molecule has 3 unspecified atom stereocenters. The summed E-state index contributed by atoms with van der Waals surface area (Å²) in [5, 5.41) is 3.76. The molecule has 102 valence electrons. The topological polar surface area (TPSA) is 24.5 Å². The van der Waals surface area contributed by atoms with Crippen LogP contribution in [0.1, 0.15) is 33.6 Å². The van der Waals surface area contributed by atoms with Gasteiger partial charge in [0.15, 0.2) is 0 Å². The van der Waals surface area contributed by atoms with Crippen LogP contribution in [0.3, 0.4) is 0 Å². The smallest absolute Gasteiger partial charge is 0.0618 e. The Bertz CT molecular complexity index is 208. The van der Waals surface area contributed by atoms with E-state index in [-0.39, 0.29) is 0 Å². The molecule has 1 aliphatic rings. The fraction of sp³-hybridized carbons (Fsp3) is 1.00. The first-order valence-corrected chi connectivity index (χ1v) is 6.98. The molecule has 1 N–H and O–H groups in total. The van der Waals surface area contributed by atoms with Crippen LogP contribution in [-0.2, 0) is 4.74 Å². The van der Waals surface area contributed by atoms with Crippen LogP contribution in [0, 0.1) is 11.8 Å². The number of methoxy groups -OCH3 is 1. The van der Waals surface area contributed by atoms with Gasteiger partial charge in [-0.2, -0.15) is 0 Å². The van der Waals surface area contributed by atoms with Gasteiger partial charge in [0.25, 0.3) is 0 Å². The molecule has 3 nitrogen and oxygen atoms in total. The van der Waals surface area contributed by atoms with Gasteiger partial charge in [0.1, 0.15) is 0 Å². The van der Waals surface area contributed by atoms with Crippen molar-refractivity contribution in [1.29, 1.82) is 0 Å². The maximum Gasteiger partial charge on any atom is 0.0618 e. The number of likely N-dealkylation sites (tertiary alicyclic amines) is 1. The van der Waals surface area contributed by atoms with E-state index in [1.807, 2.05) is 0 Å². The Labute approximate surface area is 107 Å². The molecule has 0 bridgehead atoms. The van der Waals surface area contributed by atoms with Gasteiger partial charge in [0.05, 0.1) is 6.61 Å². The minimum absolute atomic E-state index is 0.474. The maximum atomic E-state index is 5.30. The number of rotatable bonds is 6. The van der Waals surface area contributed by atoms with E-state index in [1.165, 1.54) is 25.9 Å². The predicted molar refractivity (Wildman–Crippen MR) is 73.3 cm³/mol.